The standard InChI is InChI=1S/C21H22O4/c1-2-24-20(22)14-18-17-11-7-6-8-15(17)12-13-19(18)25-21(23)16-9-4-3-5-10-16/h3-5,9-10,12-13H,2,6-8,11,14H2,1H3. The van der Waals surface area contributed by atoms with Crippen LogP contribution in [-0.4, -0.2) is 18.5 Å². The van der Waals surface area contributed by atoms with Gasteiger partial charge in [-0.05, 0) is 61.9 Å². The number of esters is 2. The van der Waals surface area contributed by atoms with Crippen LogP contribution in [0.4, 0.5) is 0 Å². The molecule has 0 fully saturated rings. The van der Waals surface area contributed by atoms with E-state index in [0.717, 1.165) is 36.8 Å². The van der Waals surface area contributed by atoms with Gasteiger partial charge in [-0.25, -0.2) is 4.79 Å². The molecule has 0 N–H and O–H groups in total. The first kappa shape index (κ1) is 17.2. The van der Waals surface area contributed by atoms with E-state index in [2.05, 4.69) is 0 Å². The lowest BCUT2D eigenvalue weighted by atomic mass is 9.86. The first-order valence-electron chi connectivity index (χ1n) is 8.75. The Morgan fingerprint density at radius 1 is 1.00 bits per heavy atom. The van der Waals surface area contributed by atoms with E-state index in [1.165, 1.54) is 5.56 Å². The van der Waals surface area contributed by atoms with E-state index in [4.69, 9.17) is 9.47 Å². The molecule has 0 amide bonds. The Balaban J connectivity index is 1.92. The number of benzene rings is 2. The number of ether oxygens (including phenoxy) is 2. The zero-order chi connectivity index (χ0) is 17.6. The highest BCUT2D eigenvalue weighted by molar-refractivity contribution is 5.91. The zero-order valence-corrected chi connectivity index (χ0v) is 14.4. The minimum atomic E-state index is -0.415. The van der Waals surface area contributed by atoms with Gasteiger partial charge in [-0.15, -0.1) is 0 Å². The maximum atomic E-state index is 12.4. The number of hydrogen-bond acceptors (Lipinski definition) is 4. The van der Waals surface area contributed by atoms with Crippen molar-refractivity contribution in [1.29, 1.82) is 0 Å². The number of carbonyl (C=O) groups excluding carboxylic acids is 2. The normalized spacial score (nSPS) is 13.0. The maximum absolute atomic E-state index is 12.4. The number of aryl methyl sites for hydroxylation is 1. The van der Waals surface area contributed by atoms with Crippen LogP contribution in [0.2, 0.25) is 0 Å². The van der Waals surface area contributed by atoms with Gasteiger partial charge in [0.05, 0.1) is 18.6 Å². The number of hydrogen-bond donors (Lipinski definition) is 0. The van der Waals surface area contributed by atoms with Gasteiger partial charge in [0, 0.05) is 5.56 Å². The summed E-state index contributed by atoms with van der Waals surface area (Å²) in [5.41, 5.74) is 3.66. The summed E-state index contributed by atoms with van der Waals surface area (Å²) >= 11 is 0. The number of fused-ring (bicyclic) bond motifs is 1. The maximum Gasteiger partial charge on any atom is 0.343 e. The first-order valence-corrected chi connectivity index (χ1v) is 8.75. The summed E-state index contributed by atoms with van der Waals surface area (Å²) in [5, 5.41) is 0. The molecule has 0 radical (unpaired) electrons. The number of rotatable bonds is 5. The molecule has 0 heterocycles. The third-order valence-corrected chi connectivity index (χ3v) is 4.45. The molecule has 0 spiro atoms. The molecule has 1 aliphatic carbocycles. The lowest BCUT2D eigenvalue weighted by Gasteiger charge is -2.21. The van der Waals surface area contributed by atoms with Crippen LogP contribution in [0, 0.1) is 0 Å². The fourth-order valence-electron chi connectivity index (χ4n) is 3.26. The van der Waals surface area contributed by atoms with Gasteiger partial charge in [0.2, 0.25) is 0 Å². The highest BCUT2D eigenvalue weighted by Gasteiger charge is 2.21. The fraction of sp³-hybridized carbons (Fsp3) is 0.333. The van der Waals surface area contributed by atoms with Gasteiger partial charge in [-0.2, -0.15) is 0 Å². The molecule has 130 valence electrons. The zero-order valence-electron chi connectivity index (χ0n) is 14.4. The van der Waals surface area contributed by atoms with E-state index >= 15 is 0 Å². The van der Waals surface area contributed by atoms with Crippen molar-refractivity contribution in [3.05, 3.63) is 64.7 Å². The topological polar surface area (TPSA) is 52.6 Å². The van der Waals surface area contributed by atoms with E-state index in [1.54, 1.807) is 37.3 Å². The molecule has 0 saturated carbocycles. The summed E-state index contributed by atoms with van der Waals surface area (Å²) in [5.74, 6) is -0.248. The molecule has 4 heteroatoms. The molecule has 2 aromatic rings. The van der Waals surface area contributed by atoms with E-state index in [9.17, 15) is 9.59 Å². The summed E-state index contributed by atoms with van der Waals surface area (Å²) < 4.78 is 10.7. The minimum absolute atomic E-state index is 0.133. The molecule has 4 nitrogen and oxygen atoms in total. The van der Waals surface area contributed by atoms with Gasteiger partial charge in [-0.1, -0.05) is 24.3 Å². The highest BCUT2D eigenvalue weighted by atomic mass is 16.5. The average Bonchev–Trinajstić information content (AvgIpc) is 2.64. The highest BCUT2D eigenvalue weighted by Crippen LogP contribution is 2.32. The van der Waals surface area contributed by atoms with Gasteiger partial charge >= 0.3 is 11.9 Å². The Kier molecular flexibility index (Phi) is 5.49. The summed E-state index contributed by atoms with van der Waals surface area (Å²) in [7, 11) is 0. The van der Waals surface area contributed by atoms with Gasteiger partial charge in [0.1, 0.15) is 5.75 Å². The molecular weight excluding hydrogens is 316 g/mol. The first-order chi connectivity index (χ1) is 12.2. The predicted molar refractivity (Wildman–Crippen MR) is 94.8 cm³/mol. The van der Waals surface area contributed by atoms with Crippen LogP contribution in [0.5, 0.6) is 5.75 Å². The predicted octanol–water partition coefficient (Wildman–Crippen LogP) is 3.89. The van der Waals surface area contributed by atoms with E-state index in [-0.39, 0.29) is 12.4 Å². The van der Waals surface area contributed by atoms with Gasteiger partial charge < -0.3 is 9.47 Å². The Bertz CT molecular complexity index is 765. The van der Waals surface area contributed by atoms with Crippen molar-refractivity contribution < 1.29 is 19.1 Å². The van der Waals surface area contributed by atoms with E-state index in [1.807, 2.05) is 12.1 Å². The lowest BCUT2D eigenvalue weighted by molar-refractivity contribution is -0.142. The second kappa shape index (κ2) is 7.97. The Morgan fingerprint density at radius 2 is 1.76 bits per heavy atom. The van der Waals surface area contributed by atoms with Crippen LogP contribution in [0.3, 0.4) is 0 Å². The average molecular weight is 338 g/mol. The van der Waals surface area contributed by atoms with Crippen molar-refractivity contribution >= 4 is 11.9 Å². The van der Waals surface area contributed by atoms with Gasteiger partial charge in [0.15, 0.2) is 0 Å². The summed E-state index contributed by atoms with van der Waals surface area (Å²) in [6.07, 6.45) is 4.27. The van der Waals surface area contributed by atoms with Crippen molar-refractivity contribution in [2.24, 2.45) is 0 Å². The smallest absolute Gasteiger partial charge is 0.343 e. The molecule has 0 saturated heterocycles. The minimum Gasteiger partial charge on any atom is -0.466 e. The van der Waals surface area contributed by atoms with Crippen LogP contribution < -0.4 is 4.74 Å². The van der Waals surface area contributed by atoms with Crippen molar-refractivity contribution in [2.75, 3.05) is 6.61 Å². The fourth-order valence-corrected chi connectivity index (χ4v) is 3.26. The molecule has 0 aromatic heterocycles. The van der Waals surface area contributed by atoms with Crippen molar-refractivity contribution in [3.63, 3.8) is 0 Å². The third kappa shape index (κ3) is 4.08. The van der Waals surface area contributed by atoms with Crippen LogP contribution in [0.15, 0.2) is 42.5 Å². The molecule has 3 rings (SSSR count). The second-order valence-electron chi connectivity index (χ2n) is 6.12. The molecule has 0 atom stereocenters. The van der Waals surface area contributed by atoms with E-state index in [0.29, 0.717) is 17.9 Å². The molecule has 0 unspecified atom stereocenters. The summed E-state index contributed by atoms with van der Waals surface area (Å²) in [6.45, 7) is 2.13. The molecule has 1 aliphatic rings. The quantitative estimate of drug-likeness (QED) is 0.613. The summed E-state index contributed by atoms with van der Waals surface area (Å²) in [4.78, 5) is 24.5. The van der Waals surface area contributed by atoms with Crippen molar-refractivity contribution in [1.82, 2.24) is 0 Å². The van der Waals surface area contributed by atoms with Crippen molar-refractivity contribution in [3.8, 4) is 5.75 Å². The van der Waals surface area contributed by atoms with Crippen molar-refractivity contribution in [2.45, 2.75) is 39.0 Å². The third-order valence-electron chi connectivity index (χ3n) is 4.45. The van der Waals surface area contributed by atoms with Crippen LogP contribution in [0.1, 0.15) is 46.8 Å². The Morgan fingerprint density at radius 3 is 2.52 bits per heavy atom. The second-order valence-corrected chi connectivity index (χ2v) is 6.12. The molecule has 25 heavy (non-hydrogen) atoms. The Hall–Kier alpha value is -2.62. The van der Waals surface area contributed by atoms with Crippen LogP contribution >= 0.6 is 0 Å². The molecular formula is C21H22O4. The monoisotopic (exact) mass is 338 g/mol. The lowest BCUT2D eigenvalue weighted by Crippen LogP contribution is -2.16. The van der Waals surface area contributed by atoms with Gasteiger partial charge in [0.25, 0.3) is 0 Å². The summed E-state index contributed by atoms with van der Waals surface area (Å²) in [6, 6.07) is 12.7. The molecule has 0 bridgehead atoms. The largest absolute Gasteiger partial charge is 0.466 e. The van der Waals surface area contributed by atoms with Crippen LogP contribution in [-0.2, 0) is 28.8 Å². The molecule has 2 aromatic carbocycles. The molecule has 0 aliphatic heterocycles. The Labute approximate surface area is 147 Å². The van der Waals surface area contributed by atoms with Gasteiger partial charge in [-0.3, -0.25) is 4.79 Å². The SMILES string of the molecule is CCOC(=O)Cc1c(OC(=O)c2ccccc2)ccc2c1CCCC2. The van der Waals surface area contributed by atoms with E-state index < -0.39 is 5.97 Å². The number of carbonyl (C=O) groups is 2. The van der Waals surface area contributed by atoms with Crippen LogP contribution in [0.25, 0.3) is 0 Å².